The molecule has 2 aromatic rings. The summed E-state index contributed by atoms with van der Waals surface area (Å²) in [5.74, 6) is 1.74. The van der Waals surface area contributed by atoms with E-state index in [0.29, 0.717) is 78.2 Å². The van der Waals surface area contributed by atoms with Gasteiger partial charge in [-0.2, -0.15) is 0 Å². The summed E-state index contributed by atoms with van der Waals surface area (Å²) in [4.78, 5) is 39.1. The van der Waals surface area contributed by atoms with Gasteiger partial charge in [-0.15, -0.1) is 0 Å². The number of ether oxygens (including phenoxy) is 4. The van der Waals surface area contributed by atoms with Crippen LogP contribution in [0.5, 0.6) is 23.0 Å². The zero-order valence-electron chi connectivity index (χ0n) is 23.2. The van der Waals surface area contributed by atoms with Crippen molar-refractivity contribution in [1.82, 2.24) is 9.80 Å². The summed E-state index contributed by atoms with van der Waals surface area (Å²) in [5, 5.41) is 0. The predicted octanol–water partition coefficient (Wildman–Crippen LogP) is 4.52. The van der Waals surface area contributed by atoms with Gasteiger partial charge in [-0.1, -0.05) is 24.3 Å². The van der Waals surface area contributed by atoms with Crippen LogP contribution in [-0.2, 0) is 0 Å². The number of hydrogen-bond acceptors (Lipinski definition) is 8. The lowest BCUT2D eigenvalue weighted by Crippen LogP contribution is -2.35. The second-order valence-electron chi connectivity index (χ2n) is 10.6. The molecule has 0 spiro atoms. The minimum Gasteiger partial charge on any atom is -0.493 e. The molecule has 2 saturated heterocycles. The van der Waals surface area contributed by atoms with Crippen molar-refractivity contribution in [3.05, 3.63) is 59.7 Å². The van der Waals surface area contributed by atoms with Crippen molar-refractivity contribution in [1.29, 1.82) is 0 Å². The SMILES string of the molecule is C=C1CC2C=Nc3cc(OCCCOc4cc5c(cc4OC)C(=O)N4CC(=C)CC4C=N5)c(OC)cc3C(=O)N2C1. The lowest BCUT2D eigenvalue weighted by Gasteiger charge is -2.20. The minimum absolute atomic E-state index is 0.0826. The summed E-state index contributed by atoms with van der Waals surface area (Å²) in [7, 11) is 3.09. The van der Waals surface area contributed by atoms with E-state index in [4.69, 9.17) is 18.9 Å². The zero-order valence-corrected chi connectivity index (χ0v) is 23.2. The molecule has 4 aliphatic rings. The molecule has 2 unspecified atom stereocenters. The molecule has 2 atom stereocenters. The highest BCUT2D eigenvalue weighted by molar-refractivity contribution is 6.04. The van der Waals surface area contributed by atoms with Gasteiger partial charge < -0.3 is 28.7 Å². The molecule has 41 heavy (non-hydrogen) atoms. The minimum atomic E-state index is -0.0917. The van der Waals surface area contributed by atoms with E-state index in [-0.39, 0.29) is 23.9 Å². The molecule has 6 rings (SSSR count). The van der Waals surface area contributed by atoms with Crippen LogP contribution in [0, 0.1) is 0 Å². The average molecular weight is 557 g/mol. The number of fused-ring (bicyclic) bond motifs is 4. The van der Waals surface area contributed by atoms with Crippen molar-refractivity contribution >= 4 is 35.6 Å². The third-order valence-electron chi connectivity index (χ3n) is 7.71. The predicted molar refractivity (Wildman–Crippen MR) is 155 cm³/mol. The lowest BCUT2D eigenvalue weighted by atomic mass is 10.1. The lowest BCUT2D eigenvalue weighted by molar-refractivity contribution is 0.0770. The summed E-state index contributed by atoms with van der Waals surface area (Å²) < 4.78 is 23.1. The highest BCUT2D eigenvalue weighted by Crippen LogP contribution is 2.40. The summed E-state index contributed by atoms with van der Waals surface area (Å²) in [6.07, 6.45) is 5.60. The number of methoxy groups -OCH3 is 2. The third-order valence-corrected chi connectivity index (χ3v) is 7.71. The molecule has 10 nitrogen and oxygen atoms in total. The maximum Gasteiger partial charge on any atom is 0.257 e. The number of hydrogen-bond donors (Lipinski definition) is 0. The Bertz CT molecular complexity index is 1400. The quantitative estimate of drug-likeness (QED) is 0.350. The molecule has 0 aromatic heterocycles. The molecule has 10 heteroatoms. The van der Waals surface area contributed by atoms with Crippen LogP contribution in [0.1, 0.15) is 40.0 Å². The van der Waals surface area contributed by atoms with E-state index in [0.717, 1.165) is 24.0 Å². The van der Waals surface area contributed by atoms with Gasteiger partial charge in [0.25, 0.3) is 11.8 Å². The Balaban J connectivity index is 1.11. The van der Waals surface area contributed by atoms with E-state index in [9.17, 15) is 9.59 Å². The smallest absolute Gasteiger partial charge is 0.257 e. The Morgan fingerprint density at radius 1 is 0.732 bits per heavy atom. The van der Waals surface area contributed by atoms with E-state index in [1.807, 2.05) is 0 Å². The second-order valence-corrected chi connectivity index (χ2v) is 10.6. The van der Waals surface area contributed by atoms with Gasteiger partial charge in [-0.25, -0.2) is 0 Å². The Morgan fingerprint density at radius 3 is 1.59 bits per heavy atom. The molecule has 2 fully saturated rings. The van der Waals surface area contributed by atoms with Crippen molar-refractivity contribution in [3.8, 4) is 23.0 Å². The fraction of sp³-hybridized carbons (Fsp3) is 0.355. The van der Waals surface area contributed by atoms with E-state index in [1.54, 1.807) is 60.7 Å². The first-order valence-electron chi connectivity index (χ1n) is 13.6. The van der Waals surface area contributed by atoms with Crippen LogP contribution >= 0.6 is 0 Å². The molecular weight excluding hydrogens is 524 g/mol. The van der Waals surface area contributed by atoms with Crippen LogP contribution in [0.2, 0.25) is 0 Å². The topological polar surface area (TPSA) is 102 Å². The maximum absolute atomic E-state index is 13.2. The number of amides is 2. The molecule has 0 N–H and O–H groups in total. The molecule has 0 saturated carbocycles. The summed E-state index contributed by atoms with van der Waals surface area (Å²) in [6.45, 7) is 9.78. The Morgan fingerprint density at radius 2 is 1.17 bits per heavy atom. The van der Waals surface area contributed by atoms with Gasteiger partial charge in [-0.05, 0) is 25.0 Å². The molecule has 0 radical (unpaired) electrons. The number of aliphatic imine (C=N–C) groups is 2. The summed E-state index contributed by atoms with van der Waals surface area (Å²) in [5.41, 5.74) is 4.10. The molecule has 212 valence electrons. The number of benzene rings is 2. The van der Waals surface area contributed by atoms with Crippen LogP contribution in [0.3, 0.4) is 0 Å². The molecule has 0 bridgehead atoms. The van der Waals surface area contributed by atoms with Gasteiger partial charge >= 0.3 is 0 Å². The van der Waals surface area contributed by atoms with Gasteiger partial charge in [-0.3, -0.25) is 19.6 Å². The molecule has 4 heterocycles. The van der Waals surface area contributed by atoms with Crippen LogP contribution < -0.4 is 18.9 Å². The molecule has 2 aromatic carbocycles. The number of rotatable bonds is 8. The molecule has 2 amide bonds. The van der Waals surface area contributed by atoms with Gasteiger partial charge in [0.2, 0.25) is 0 Å². The van der Waals surface area contributed by atoms with Crippen molar-refractivity contribution in [2.75, 3.05) is 40.5 Å². The van der Waals surface area contributed by atoms with Crippen molar-refractivity contribution in [3.63, 3.8) is 0 Å². The van der Waals surface area contributed by atoms with E-state index >= 15 is 0 Å². The first kappa shape index (κ1) is 26.6. The fourth-order valence-corrected chi connectivity index (χ4v) is 5.63. The van der Waals surface area contributed by atoms with Crippen LogP contribution in [0.25, 0.3) is 0 Å². The van der Waals surface area contributed by atoms with Gasteiger partial charge in [0.1, 0.15) is 0 Å². The van der Waals surface area contributed by atoms with Crippen molar-refractivity contribution in [2.24, 2.45) is 9.98 Å². The molecular formula is C31H32N4O6. The normalized spacial score (nSPS) is 20.7. The van der Waals surface area contributed by atoms with Gasteiger partial charge in [0.05, 0.1) is 62.0 Å². The average Bonchev–Trinajstić information content (AvgIpc) is 3.48. The first-order valence-corrected chi connectivity index (χ1v) is 13.6. The second kappa shape index (κ2) is 10.8. The Kier molecular flexibility index (Phi) is 6.98. The largest absolute Gasteiger partial charge is 0.493 e. The maximum atomic E-state index is 13.2. The number of carbonyl (C=O) groups excluding carboxylic acids is 2. The van der Waals surface area contributed by atoms with Gasteiger partial charge in [0, 0.05) is 44.1 Å². The number of carbonyl (C=O) groups is 2. The highest BCUT2D eigenvalue weighted by atomic mass is 16.5. The van der Waals surface area contributed by atoms with E-state index < -0.39 is 0 Å². The Hall–Kier alpha value is -4.60. The summed E-state index contributed by atoms with van der Waals surface area (Å²) in [6, 6.07) is 6.69. The van der Waals surface area contributed by atoms with Crippen LogP contribution in [-0.4, -0.2) is 86.6 Å². The van der Waals surface area contributed by atoms with Crippen LogP contribution in [0.15, 0.2) is 58.6 Å². The molecule has 4 aliphatic heterocycles. The summed E-state index contributed by atoms with van der Waals surface area (Å²) >= 11 is 0. The van der Waals surface area contributed by atoms with Crippen molar-refractivity contribution in [2.45, 2.75) is 31.3 Å². The monoisotopic (exact) mass is 556 g/mol. The van der Waals surface area contributed by atoms with E-state index in [2.05, 4.69) is 23.1 Å². The molecule has 0 aliphatic carbocycles. The Labute approximate surface area is 238 Å². The highest BCUT2D eigenvalue weighted by Gasteiger charge is 2.35. The standard InChI is InChI=1S/C31H32N4O6/c1-18-8-20-14-32-24-12-28(26(38-3)10-22(24)30(36)34(20)16-18)40-6-5-7-41-29-13-25-23(11-27(29)39-4)31(37)35-17-19(2)9-21(35)15-33-25/h10-15,20-21H,1-2,5-9,16-17H2,3-4H3. The fourth-order valence-electron chi connectivity index (χ4n) is 5.63. The van der Waals surface area contributed by atoms with Crippen LogP contribution in [0.4, 0.5) is 11.4 Å². The van der Waals surface area contributed by atoms with Gasteiger partial charge in [0.15, 0.2) is 23.0 Å². The zero-order chi connectivity index (χ0) is 28.7. The van der Waals surface area contributed by atoms with Crippen molar-refractivity contribution < 1.29 is 28.5 Å². The first-order chi connectivity index (χ1) is 19.9. The third kappa shape index (κ3) is 4.94. The number of nitrogens with zero attached hydrogens (tertiary/aromatic N) is 4. The van der Waals surface area contributed by atoms with E-state index in [1.165, 1.54) is 0 Å².